The Bertz CT molecular complexity index is 552. The van der Waals surface area contributed by atoms with Crippen LogP contribution in [0.25, 0.3) is 10.8 Å². The van der Waals surface area contributed by atoms with Crippen molar-refractivity contribution in [2.75, 3.05) is 5.73 Å². The summed E-state index contributed by atoms with van der Waals surface area (Å²) < 4.78 is 19.8. The molecule has 0 spiro atoms. The van der Waals surface area contributed by atoms with Crippen LogP contribution in [0.5, 0.6) is 0 Å². The van der Waals surface area contributed by atoms with E-state index in [1.165, 1.54) is 0 Å². The average molecular weight is 221 g/mol. The standard InChI is InChI=1S/C11H11NO2S/c1-7-2-3-8-6-9(15(13)14)4-5-10(8)11(7)12/h2-6H,12H2,1H3,(H,13,14). The van der Waals surface area contributed by atoms with Gasteiger partial charge in [-0.25, -0.2) is 4.21 Å². The number of nitrogen functional groups attached to an aromatic ring is 1. The molecule has 1 atom stereocenters. The van der Waals surface area contributed by atoms with Crippen LogP contribution in [0.3, 0.4) is 0 Å². The molecule has 0 saturated carbocycles. The smallest absolute Gasteiger partial charge is 0.186 e. The summed E-state index contributed by atoms with van der Waals surface area (Å²) in [6.07, 6.45) is 0. The Labute approximate surface area is 90.2 Å². The lowest BCUT2D eigenvalue weighted by molar-refractivity contribution is 0.564. The zero-order valence-electron chi connectivity index (χ0n) is 8.23. The van der Waals surface area contributed by atoms with Crippen molar-refractivity contribution >= 4 is 27.5 Å². The van der Waals surface area contributed by atoms with Crippen LogP contribution in [0.2, 0.25) is 0 Å². The Morgan fingerprint density at radius 1 is 1.27 bits per heavy atom. The molecule has 2 rings (SSSR count). The van der Waals surface area contributed by atoms with Crippen molar-refractivity contribution in [3.63, 3.8) is 0 Å². The van der Waals surface area contributed by atoms with Crippen LogP contribution < -0.4 is 5.73 Å². The molecule has 1 unspecified atom stereocenters. The van der Waals surface area contributed by atoms with Crippen molar-refractivity contribution in [3.8, 4) is 0 Å². The fraction of sp³-hybridized carbons (Fsp3) is 0.0909. The Morgan fingerprint density at radius 3 is 2.67 bits per heavy atom. The third-order valence-electron chi connectivity index (χ3n) is 2.45. The Hall–Kier alpha value is -1.39. The molecule has 0 aliphatic heterocycles. The maximum absolute atomic E-state index is 10.9. The van der Waals surface area contributed by atoms with Crippen LogP contribution in [0.4, 0.5) is 5.69 Å². The number of rotatable bonds is 1. The molecule has 0 saturated heterocycles. The van der Waals surface area contributed by atoms with Gasteiger partial charge in [-0.15, -0.1) is 0 Å². The first-order valence-electron chi connectivity index (χ1n) is 4.49. The molecule has 4 heteroatoms. The number of hydrogen-bond acceptors (Lipinski definition) is 2. The Morgan fingerprint density at radius 2 is 2.00 bits per heavy atom. The van der Waals surface area contributed by atoms with E-state index in [4.69, 9.17) is 10.3 Å². The summed E-state index contributed by atoms with van der Waals surface area (Å²) >= 11 is -1.94. The largest absolute Gasteiger partial charge is 0.398 e. The van der Waals surface area contributed by atoms with Crippen LogP contribution in [0, 0.1) is 6.92 Å². The number of benzene rings is 2. The molecular weight excluding hydrogens is 210 g/mol. The molecule has 0 fully saturated rings. The van der Waals surface area contributed by atoms with Gasteiger partial charge < -0.3 is 10.3 Å². The fourth-order valence-corrected chi connectivity index (χ4v) is 1.96. The Balaban J connectivity index is 2.75. The van der Waals surface area contributed by atoms with E-state index in [1.54, 1.807) is 18.2 Å². The molecule has 2 aromatic carbocycles. The topological polar surface area (TPSA) is 63.3 Å². The quantitative estimate of drug-likeness (QED) is 0.573. The molecule has 3 nitrogen and oxygen atoms in total. The van der Waals surface area contributed by atoms with E-state index in [9.17, 15) is 4.21 Å². The second-order valence-electron chi connectivity index (χ2n) is 3.43. The number of fused-ring (bicyclic) bond motifs is 1. The van der Waals surface area contributed by atoms with Gasteiger partial charge in [0.2, 0.25) is 0 Å². The summed E-state index contributed by atoms with van der Waals surface area (Å²) in [6.45, 7) is 1.94. The van der Waals surface area contributed by atoms with Gasteiger partial charge in [0.05, 0.1) is 4.90 Å². The molecule has 0 heterocycles. The van der Waals surface area contributed by atoms with E-state index in [0.29, 0.717) is 4.90 Å². The number of hydrogen-bond donors (Lipinski definition) is 2. The molecule has 2 aromatic rings. The van der Waals surface area contributed by atoms with Gasteiger partial charge in [0.15, 0.2) is 11.1 Å². The molecule has 3 N–H and O–H groups in total. The van der Waals surface area contributed by atoms with Crippen molar-refractivity contribution in [2.24, 2.45) is 0 Å². The minimum Gasteiger partial charge on any atom is -0.398 e. The summed E-state index contributed by atoms with van der Waals surface area (Å²) in [7, 11) is 0. The lowest BCUT2D eigenvalue weighted by Crippen LogP contribution is -1.93. The molecule has 0 aliphatic rings. The highest BCUT2D eigenvalue weighted by atomic mass is 32.2. The van der Waals surface area contributed by atoms with Gasteiger partial charge in [0.25, 0.3) is 0 Å². The highest BCUT2D eigenvalue weighted by Gasteiger charge is 2.04. The van der Waals surface area contributed by atoms with E-state index in [1.807, 2.05) is 19.1 Å². The van der Waals surface area contributed by atoms with Crippen LogP contribution in [0.15, 0.2) is 35.2 Å². The summed E-state index contributed by atoms with van der Waals surface area (Å²) in [5.41, 5.74) is 7.65. The van der Waals surface area contributed by atoms with Crippen LogP contribution >= 0.6 is 0 Å². The van der Waals surface area contributed by atoms with Gasteiger partial charge >= 0.3 is 0 Å². The first-order valence-corrected chi connectivity index (χ1v) is 5.60. The maximum atomic E-state index is 10.9. The lowest BCUT2D eigenvalue weighted by atomic mass is 10.1. The first-order chi connectivity index (χ1) is 7.09. The van der Waals surface area contributed by atoms with Gasteiger partial charge in [0, 0.05) is 11.1 Å². The molecule has 0 bridgehead atoms. The summed E-state index contributed by atoms with van der Waals surface area (Å²) in [5.74, 6) is 0. The summed E-state index contributed by atoms with van der Waals surface area (Å²) in [5, 5.41) is 1.81. The monoisotopic (exact) mass is 221 g/mol. The predicted molar refractivity (Wildman–Crippen MR) is 62.1 cm³/mol. The van der Waals surface area contributed by atoms with E-state index in [0.717, 1.165) is 22.0 Å². The van der Waals surface area contributed by atoms with E-state index >= 15 is 0 Å². The van der Waals surface area contributed by atoms with E-state index in [2.05, 4.69) is 0 Å². The van der Waals surface area contributed by atoms with Crippen LogP contribution in [-0.4, -0.2) is 8.76 Å². The van der Waals surface area contributed by atoms with Crippen molar-refractivity contribution in [2.45, 2.75) is 11.8 Å². The second-order valence-corrected chi connectivity index (χ2v) is 4.40. The average Bonchev–Trinajstić information content (AvgIpc) is 2.23. The van der Waals surface area contributed by atoms with E-state index in [-0.39, 0.29) is 0 Å². The highest BCUT2D eigenvalue weighted by Crippen LogP contribution is 2.25. The Kier molecular flexibility index (Phi) is 2.46. The minimum absolute atomic E-state index is 0.394. The van der Waals surface area contributed by atoms with Crippen molar-refractivity contribution in [1.82, 2.24) is 0 Å². The molecule has 0 aromatic heterocycles. The molecule has 0 radical (unpaired) electrons. The summed E-state index contributed by atoms with van der Waals surface area (Å²) in [6, 6.07) is 8.88. The first kappa shape index (κ1) is 10.1. The third-order valence-corrected chi connectivity index (χ3v) is 3.11. The molecule has 15 heavy (non-hydrogen) atoms. The third kappa shape index (κ3) is 1.73. The van der Waals surface area contributed by atoms with Gasteiger partial charge in [0.1, 0.15) is 0 Å². The van der Waals surface area contributed by atoms with Crippen LogP contribution in [0.1, 0.15) is 5.56 Å². The SMILES string of the molecule is Cc1ccc2cc(S(=O)O)ccc2c1N. The minimum atomic E-state index is -1.94. The molecule has 0 aliphatic carbocycles. The van der Waals surface area contributed by atoms with Gasteiger partial charge in [-0.1, -0.05) is 18.2 Å². The zero-order valence-corrected chi connectivity index (χ0v) is 9.04. The van der Waals surface area contributed by atoms with Gasteiger partial charge in [-0.3, -0.25) is 0 Å². The zero-order chi connectivity index (χ0) is 11.0. The highest BCUT2D eigenvalue weighted by molar-refractivity contribution is 7.79. The maximum Gasteiger partial charge on any atom is 0.186 e. The molecule has 78 valence electrons. The number of aryl methyl sites for hydroxylation is 1. The van der Waals surface area contributed by atoms with Gasteiger partial charge in [-0.2, -0.15) is 0 Å². The van der Waals surface area contributed by atoms with Crippen molar-refractivity contribution in [1.29, 1.82) is 0 Å². The number of anilines is 1. The lowest BCUT2D eigenvalue weighted by Gasteiger charge is -2.06. The normalized spacial score (nSPS) is 12.9. The van der Waals surface area contributed by atoms with Gasteiger partial charge in [-0.05, 0) is 30.0 Å². The van der Waals surface area contributed by atoms with Crippen LogP contribution in [-0.2, 0) is 11.1 Å². The fourth-order valence-electron chi connectivity index (χ4n) is 1.55. The second kappa shape index (κ2) is 3.64. The number of nitrogens with two attached hydrogens (primary N) is 1. The summed E-state index contributed by atoms with van der Waals surface area (Å²) in [4.78, 5) is 0.394. The molecular formula is C11H11NO2S. The van der Waals surface area contributed by atoms with Crippen molar-refractivity contribution < 1.29 is 8.76 Å². The molecule has 0 amide bonds. The van der Waals surface area contributed by atoms with E-state index < -0.39 is 11.1 Å². The predicted octanol–water partition coefficient (Wildman–Crippen LogP) is 2.31. The van der Waals surface area contributed by atoms with Crippen molar-refractivity contribution in [3.05, 3.63) is 35.9 Å².